The zero-order chi connectivity index (χ0) is 14.5. The van der Waals surface area contributed by atoms with E-state index in [1.165, 1.54) is 6.07 Å². The minimum atomic E-state index is -0.948. The molecule has 2 rings (SSSR count). The summed E-state index contributed by atoms with van der Waals surface area (Å²) in [5.74, 6) is -1.86. The van der Waals surface area contributed by atoms with E-state index in [0.29, 0.717) is 18.7 Å². The highest BCUT2D eigenvalue weighted by molar-refractivity contribution is 5.20. The Morgan fingerprint density at radius 3 is 2.70 bits per heavy atom. The summed E-state index contributed by atoms with van der Waals surface area (Å²) in [6.07, 6.45) is 2.58. The number of aromatic nitrogens is 1. The molecule has 0 saturated heterocycles. The van der Waals surface area contributed by atoms with E-state index in [0.717, 1.165) is 17.7 Å². The van der Waals surface area contributed by atoms with Crippen LogP contribution in [0.2, 0.25) is 0 Å². The summed E-state index contributed by atoms with van der Waals surface area (Å²) in [6.45, 7) is 0.939. The average molecular weight is 278 g/mol. The lowest BCUT2D eigenvalue weighted by Gasteiger charge is -2.20. The van der Waals surface area contributed by atoms with Crippen molar-refractivity contribution in [3.8, 4) is 0 Å². The van der Waals surface area contributed by atoms with E-state index in [9.17, 15) is 13.9 Å². The second-order valence-electron chi connectivity index (χ2n) is 4.75. The molecule has 0 fully saturated rings. The molecule has 1 unspecified atom stereocenters. The van der Waals surface area contributed by atoms with Gasteiger partial charge in [0, 0.05) is 25.5 Å². The maximum absolute atomic E-state index is 13.1. The summed E-state index contributed by atoms with van der Waals surface area (Å²) in [5.41, 5.74) is 1.38. The molecule has 1 aromatic heterocycles. The first-order valence-corrected chi connectivity index (χ1v) is 6.26. The minimum Gasteiger partial charge on any atom is -0.387 e. The fourth-order valence-corrected chi connectivity index (χ4v) is 1.99. The van der Waals surface area contributed by atoms with Crippen LogP contribution in [0.15, 0.2) is 42.7 Å². The Morgan fingerprint density at radius 2 is 2.05 bits per heavy atom. The number of nitrogens with zero attached hydrogens (tertiary/aromatic N) is 2. The summed E-state index contributed by atoms with van der Waals surface area (Å²) in [7, 11) is 1.84. The van der Waals surface area contributed by atoms with E-state index < -0.39 is 17.7 Å². The van der Waals surface area contributed by atoms with Gasteiger partial charge in [0.2, 0.25) is 0 Å². The van der Waals surface area contributed by atoms with E-state index >= 15 is 0 Å². The minimum absolute atomic E-state index is 0.319. The highest BCUT2D eigenvalue weighted by Gasteiger charge is 2.13. The van der Waals surface area contributed by atoms with Crippen molar-refractivity contribution in [2.75, 3.05) is 13.6 Å². The molecule has 0 aliphatic heterocycles. The van der Waals surface area contributed by atoms with E-state index in [-0.39, 0.29) is 0 Å². The van der Waals surface area contributed by atoms with Crippen LogP contribution >= 0.6 is 0 Å². The molecular weight excluding hydrogens is 262 g/mol. The van der Waals surface area contributed by atoms with Crippen LogP contribution in [-0.2, 0) is 6.54 Å². The van der Waals surface area contributed by atoms with E-state index in [2.05, 4.69) is 4.98 Å². The highest BCUT2D eigenvalue weighted by Crippen LogP contribution is 2.17. The van der Waals surface area contributed by atoms with Crippen LogP contribution < -0.4 is 0 Å². The summed E-state index contributed by atoms with van der Waals surface area (Å²) in [5, 5.41) is 10.0. The average Bonchev–Trinajstić information content (AvgIpc) is 2.42. The monoisotopic (exact) mass is 278 g/mol. The van der Waals surface area contributed by atoms with E-state index in [1.54, 1.807) is 12.4 Å². The van der Waals surface area contributed by atoms with Gasteiger partial charge in [-0.3, -0.25) is 9.88 Å². The summed E-state index contributed by atoms with van der Waals surface area (Å²) in [6, 6.07) is 7.22. The van der Waals surface area contributed by atoms with Gasteiger partial charge in [0.15, 0.2) is 11.6 Å². The number of hydrogen-bond donors (Lipinski definition) is 1. The van der Waals surface area contributed by atoms with Crippen LogP contribution in [-0.4, -0.2) is 28.6 Å². The molecule has 1 atom stereocenters. The summed E-state index contributed by atoms with van der Waals surface area (Å²) >= 11 is 0. The molecule has 5 heteroatoms. The Bertz CT molecular complexity index is 563. The Morgan fingerprint density at radius 1 is 1.25 bits per heavy atom. The molecule has 0 saturated carbocycles. The predicted molar refractivity (Wildman–Crippen MR) is 71.9 cm³/mol. The Hall–Kier alpha value is -1.85. The molecule has 0 spiro atoms. The highest BCUT2D eigenvalue weighted by atomic mass is 19.2. The lowest BCUT2D eigenvalue weighted by Crippen LogP contribution is -2.24. The molecule has 1 N–H and O–H groups in total. The Balaban J connectivity index is 1.96. The van der Waals surface area contributed by atoms with Crippen LogP contribution in [0.5, 0.6) is 0 Å². The number of hydrogen-bond acceptors (Lipinski definition) is 3. The number of pyridine rings is 1. The van der Waals surface area contributed by atoms with Gasteiger partial charge in [-0.1, -0.05) is 12.1 Å². The Labute approximate surface area is 116 Å². The quantitative estimate of drug-likeness (QED) is 0.913. The number of benzene rings is 1. The van der Waals surface area contributed by atoms with Gasteiger partial charge in [-0.05, 0) is 36.4 Å². The summed E-state index contributed by atoms with van der Waals surface area (Å²) in [4.78, 5) is 5.91. The third-order valence-electron chi connectivity index (χ3n) is 2.99. The lowest BCUT2D eigenvalue weighted by molar-refractivity contribution is 0.123. The van der Waals surface area contributed by atoms with Crippen LogP contribution in [0.3, 0.4) is 0 Å². The van der Waals surface area contributed by atoms with Gasteiger partial charge in [-0.2, -0.15) is 0 Å². The van der Waals surface area contributed by atoms with Crippen molar-refractivity contribution in [2.24, 2.45) is 0 Å². The molecule has 2 aromatic rings. The maximum atomic E-state index is 13.1. The molecule has 20 heavy (non-hydrogen) atoms. The number of likely N-dealkylation sites (N-methyl/N-ethyl adjacent to an activating group) is 1. The smallest absolute Gasteiger partial charge is 0.159 e. The molecule has 1 heterocycles. The van der Waals surface area contributed by atoms with Gasteiger partial charge in [-0.25, -0.2) is 8.78 Å². The molecule has 3 nitrogen and oxygen atoms in total. The number of rotatable bonds is 5. The van der Waals surface area contributed by atoms with Crippen molar-refractivity contribution in [1.82, 2.24) is 9.88 Å². The molecule has 1 aromatic carbocycles. The van der Waals surface area contributed by atoms with Gasteiger partial charge < -0.3 is 5.11 Å². The van der Waals surface area contributed by atoms with E-state index in [1.807, 2.05) is 24.1 Å². The van der Waals surface area contributed by atoms with Gasteiger partial charge in [0.25, 0.3) is 0 Å². The fraction of sp³-hybridized carbons (Fsp3) is 0.267. The van der Waals surface area contributed by atoms with Gasteiger partial charge >= 0.3 is 0 Å². The molecule has 0 aliphatic carbocycles. The molecule has 0 radical (unpaired) electrons. The van der Waals surface area contributed by atoms with E-state index in [4.69, 9.17) is 0 Å². The number of aliphatic hydroxyl groups is 1. The van der Waals surface area contributed by atoms with Crippen LogP contribution in [0.4, 0.5) is 8.78 Å². The van der Waals surface area contributed by atoms with Crippen molar-refractivity contribution >= 4 is 0 Å². The fourth-order valence-electron chi connectivity index (χ4n) is 1.99. The van der Waals surface area contributed by atoms with Crippen molar-refractivity contribution in [1.29, 1.82) is 0 Å². The second kappa shape index (κ2) is 6.54. The van der Waals surface area contributed by atoms with Crippen molar-refractivity contribution in [2.45, 2.75) is 12.6 Å². The molecule has 0 bridgehead atoms. The summed E-state index contributed by atoms with van der Waals surface area (Å²) < 4.78 is 26.0. The number of halogens is 2. The van der Waals surface area contributed by atoms with Crippen LogP contribution in [0, 0.1) is 11.6 Å². The largest absolute Gasteiger partial charge is 0.387 e. The molecule has 106 valence electrons. The van der Waals surface area contributed by atoms with Gasteiger partial charge in [0.05, 0.1) is 6.10 Å². The van der Waals surface area contributed by atoms with Crippen molar-refractivity contribution in [3.05, 3.63) is 65.5 Å². The zero-order valence-corrected chi connectivity index (χ0v) is 11.1. The topological polar surface area (TPSA) is 36.4 Å². The second-order valence-corrected chi connectivity index (χ2v) is 4.75. The standard InChI is InChI=1S/C15H16F2N2O/c1-19(9-11-3-2-6-18-8-11)10-15(20)12-4-5-13(16)14(17)7-12/h2-8,15,20H,9-10H2,1H3. The van der Waals surface area contributed by atoms with Gasteiger partial charge in [0.1, 0.15) is 0 Å². The molecule has 0 amide bonds. The first-order valence-electron chi connectivity index (χ1n) is 6.26. The third-order valence-corrected chi connectivity index (χ3v) is 2.99. The zero-order valence-electron chi connectivity index (χ0n) is 11.1. The SMILES string of the molecule is CN(Cc1cccnc1)CC(O)c1ccc(F)c(F)c1. The Kier molecular flexibility index (Phi) is 4.76. The first-order chi connectivity index (χ1) is 9.56. The van der Waals surface area contributed by atoms with Gasteiger partial charge in [-0.15, -0.1) is 0 Å². The van der Waals surface area contributed by atoms with Crippen LogP contribution in [0.1, 0.15) is 17.2 Å². The van der Waals surface area contributed by atoms with Crippen molar-refractivity contribution in [3.63, 3.8) is 0 Å². The molecule has 0 aliphatic rings. The number of aliphatic hydroxyl groups excluding tert-OH is 1. The first kappa shape index (κ1) is 14.6. The van der Waals surface area contributed by atoms with Crippen LogP contribution in [0.25, 0.3) is 0 Å². The molecular formula is C15H16F2N2O. The predicted octanol–water partition coefficient (Wildman–Crippen LogP) is 2.53. The lowest BCUT2D eigenvalue weighted by atomic mass is 10.1. The third kappa shape index (κ3) is 3.82. The normalized spacial score (nSPS) is 12.7. The maximum Gasteiger partial charge on any atom is 0.159 e. The van der Waals surface area contributed by atoms with Crippen molar-refractivity contribution < 1.29 is 13.9 Å².